The van der Waals surface area contributed by atoms with Crippen molar-refractivity contribution in [2.45, 2.75) is 58.5 Å². The first-order valence-corrected chi connectivity index (χ1v) is 12.0. The number of hydrogen-bond acceptors (Lipinski definition) is 5. The number of carbonyl (C=O) groups is 2. The molecule has 1 aromatic rings. The molecule has 0 aliphatic carbocycles. The molecule has 1 N–H and O–H groups in total. The van der Waals surface area contributed by atoms with Gasteiger partial charge in [0.15, 0.2) is 0 Å². The number of nitrogens with zero attached hydrogens (tertiary/aromatic N) is 3. The van der Waals surface area contributed by atoms with Crippen LogP contribution in [-0.4, -0.2) is 72.7 Å². The molecule has 2 atom stereocenters. The number of benzene rings is 1. The highest BCUT2D eigenvalue weighted by Crippen LogP contribution is 2.38. The van der Waals surface area contributed by atoms with Crippen LogP contribution < -0.4 is 5.32 Å². The Hall–Kier alpha value is -2.41. The van der Waals surface area contributed by atoms with Crippen molar-refractivity contribution in [3.63, 3.8) is 0 Å². The van der Waals surface area contributed by atoms with Crippen LogP contribution in [0.3, 0.4) is 0 Å². The summed E-state index contributed by atoms with van der Waals surface area (Å²) in [6, 6.07) is 8.29. The van der Waals surface area contributed by atoms with E-state index in [2.05, 4.69) is 46.6 Å². The second kappa shape index (κ2) is 10.0. The van der Waals surface area contributed by atoms with Gasteiger partial charge in [-0.15, -0.1) is 0 Å². The molecule has 174 valence electrons. The van der Waals surface area contributed by atoms with Crippen LogP contribution in [0.15, 0.2) is 29.4 Å². The monoisotopic (exact) mass is 440 g/mol. The van der Waals surface area contributed by atoms with Crippen LogP contribution in [0.2, 0.25) is 0 Å². The van der Waals surface area contributed by atoms with Crippen molar-refractivity contribution >= 4 is 17.5 Å². The van der Waals surface area contributed by atoms with Gasteiger partial charge in [0.05, 0.1) is 11.1 Å². The summed E-state index contributed by atoms with van der Waals surface area (Å²) < 4.78 is 0. The lowest BCUT2D eigenvalue weighted by molar-refractivity contribution is -0.143. The third-order valence-corrected chi connectivity index (χ3v) is 7.15. The quantitative estimate of drug-likeness (QED) is 0.708. The molecule has 0 spiro atoms. The Morgan fingerprint density at radius 2 is 1.91 bits per heavy atom. The molecule has 32 heavy (non-hydrogen) atoms. The van der Waals surface area contributed by atoms with Gasteiger partial charge in [-0.3, -0.25) is 9.59 Å². The average Bonchev–Trinajstić information content (AvgIpc) is 3.47. The van der Waals surface area contributed by atoms with Gasteiger partial charge in [0.2, 0.25) is 11.8 Å². The lowest BCUT2D eigenvalue weighted by atomic mass is 9.74. The number of carbonyl (C=O) groups excluding carboxylic acids is 2. The number of rotatable bonds is 7. The van der Waals surface area contributed by atoms with E-state index in [-0.39, 0.29) is 17.9 Å². The van der Waals surface area contributed by atoms with E-state index in [0.717, 1.165) is 50.3 Å². The van der Waals surface area contributed by atoms with Gasteiger partial charge in [-0.2, -0.15) is 0 Å². The highest BCUT2D eigenvalue weighted by molar-refractivity contribution is 6.01. The maximum Gasteiger partial charge on any atom is 0.228 e. The summed E-state index contributed by atoms with van der Waals surface area (Å²) in [6.07, 6.45) is 5.20. The molecule has 1 aromatic carbocycles. The minimum absolute atomic E-state index is 0.0304. The highest BCUT2D eigenvalue weighted by Gasteiger charge is 2.46. The molecule has 0 unspecified atom stereocenters. The summed E-state index contributed by atoms with van der Waals surface area (Å²) in [5, 5.41) is 7.53. The van der Waals surface area contributed by atoms with E-state index in [4.69, 9.17) is 4.84 Å². The third kappa shape index (κ3) is 5.31. The van der Waals surface area contributed by atoms with Crippen molar-refractivity contribution in [3.05, 3.63) is 35.4 Å². The number of piperidine rings is 1. The number of hydrogen-bond donors (Lipinski definition) is 1. The first-order valence-electron chi connectivity index (χ1n) is 12.0. The Bertz CT molecular complexity index is 847. The maximum atomic E-state index is 13.5. The van der Waals surface area contributed by atoms with E-state index in [1.807, 2.05) is 4.90 Å². The van der Waals surface area contributed by atoms with Crippen LogP contribution in [-0.2, 0) is 14.4 Å². The molecule has 0 bridgehead atoms. The summed E-state index contributed by atoms with van der Waals surface area (Å²) >= 11 is 0. The number of oxime groups is 1. The molecule has 0 radical (unpaired) electrons. The molecule has 3 aliphatic heterocycles. The molecule has 3 heterocycles. The Morgan fingerprint density at radius 1 is 1.16 bits per heavy atom. The fourth-order valence-corrected chi connectivity index (χ4v) is 5.26. The van der Waals surface area contributed by atoms with E-state index in [1.165, 1.54) is 18.4 Å². The minimum Gasteiger partial charge on any atom is -0.392 e. The Morgan fingerprint density at radius 3 is 2.62 bits per heavy atom. The van der Waals surface area contributed by atoms with Crippen LogP contribution >= 0.6 is 0 Å². The van der Waals surface area contributed by atoms with E-state index >= 15 is 0 Å². The second-order valence-electron chi connectivity index (χ2n) is 9.67. The Balaban J connectivity index is 1.41. The topological polar surface area (TPSA) is 74.2 Å². The first kappa shape index (κ1) is 22.8. The average molecular weight is 441 g/mol. The highest BCUT2D eigenvalue weighted by atomic mass is 16.6. The van der Waals surface area contributed by atoms with E-state index in [0.29, 0.717) is 25.9 Å². The zero-order valence-corrected chi connectivity index (χ0v) is 19.4. The molecule has 2 saturated heterocycles. The predicted molar refractivity (Wildman–Crippen MR) is 124 cm³/mol. The molecule has 2 amide bonds. The van der Waals surface area contributed by atoms with E-state index < -0.39 is 5.41 Å². The molecular formula is C25H36N4O3. The van der Waals surface area contributed by atoms with Gasteiger partial charge in [0.1, 0.15) is 6.10 Å². The largest absolute Gasteiger partial charge is 0.392 e. The first-order chi connectivity index (χ1) is 15.4. The summed E-state index contributed by atoms with van der Waals surface area (Å²) in [5.41, 5.74) is 2.58. The van der Waals surface area contributed by atoms with Crippen LogP contribution in [0.5, 0.6) is 0 Å². The molecule has 7 nitrogen and oxygen atoms in total. The van der Waals surface area contributed by atoms with Crippen molar-refractivity contribution in [1.82, 2.24) is 15.1 Å². The summed E-state index contributed by atoms with van der Waals surface area (Å²) in [7, 11) is 0. The minimum atomic E-state index is -0.627. The van der Waals surface area contributed by atoms with Gasteiger partial charge < -0.3 is 20.0 Å². The zero-order valence-electron chi connectivity index (χ0n) is 19.4. The molecule has 7 heteroatoms. The number of nitrogens with one attached hydrogen (secondary N) is 1. The Labute approximate surface area is 191 Å². The van der Waals surface area contributed by atoms with Gasteiger partial charge in [-0.1, -0.05) is 35.0 Å². The van der Waals surface area contributed by atoms with Crippen LogP contribution in [0.25, 0.3) is 0 Å². The summed E-state index contributed by atoms with van der Waals surface area (Å²) in [6.45, 7) is 8.60. The van der Waals surface area contributed by atoms with Crippen molar-refractivity contribution in [3.8, 4) is 0 Å². The maximum absolute atomic E-state index is 13.5. The molecule has 4 rings (SSSR count). The second-order valence-corrected chi connectivity index (χ2v) is 9.67. The lowest BCUT2D eigenvalue weighted by Crippen LogP contribution is -2.55. The van der Waals surface area contributed by atoms with Crippen molar-refractivity contribution < 1.29 is 14.4 Å². The van der Waals surface area contributed by atoms with Crippen LogP contribution in [0.4, 0.5) is 0 Å². The van der Waals surface area contributed by atoms with Crippen LogP contribution in [0, 0.1) is 12.3 Å². The van der Waals surface area contributed by atoms with Gasteiger partial charge in [-0.25, -0.2) is 0 Å². The summed E-state index contributed by atoms with van der Waals surface area (Å²) in [5.74, 6) is 0.0814. The van der Waals surface area contributed by atoms with Crippen LogP contribution in [0.1, 0.15) is 56.6 Å². The molecule has 0 saturated carbocycles. The fraction of sp³-hybridized carbons (Fsp3) is 0.640. The molecule has 3 aliphatic rings. The smallest absolute Gasteiger partial charge is 0.228 e. The van der Waals surface area contributed by atoms with Crippen molar-refractivity contribution in [2.24, 2.45) is 10.6 Å². The summed E-state index contributed by atoms with van der Waals surface area (Å²) in [4.78, 5) is 35.6. The normalized spacial score (nSPS) is 26.0. The molecular weight excluding hydrogens is 404 g/mol. The lowest BCUT2D eigenvalue weighted by Gasteiger charge is -2.42. The van der Waals surface area contributed by atoms with Crippen molar-refractivity contribution in [1.29, 1.82) is 0 Å². The van der Waals surface area contributed by atoms with E-state index in [1.54, 1.807) is 6.92 Å². The number of aryl methyl sites for hydroxylation is 1. The predicted octanol–water partition coefficient (Wildman–Crippen LogP) is 2.72. The third-order valence-electron chi connectivity index (χ3n) is 7.15. The molecule has 2 fully saturated rings. The van der Waals surface area contributed by atoms with Gasteiger partial charge in [0.25, 0.3) is 0 Å². The zero-order chi connectivity index (χ0) is 22.6. The SMILES string of the molecule is CC(=O)N1CCC[C@](C[C@H]2CC(c3ccc(C)cc3)=NO2)(C(=O)NCCN2CCCC2)C1. The van der Waals surface area contributed by atoms with Gasteiger partial charge in [-0.05, 0) is 51.3 Å². The Kier molecular flexibility index (Phi) is 7.13. The number of amides is 2. The standard InChI is InChI=1S/C25H36N4O3/c1-19-6-8-21(9-7-19)23-16-22(32-27-23)17-25(10-5-14-29(18-25)20(2)30)24(31)26-11-15-28-12-3-4-13-28/h6-9,22H,3-5,10-18H2,1-2H3,(H,26,31)/t22-,25-/m1/s1. The fourth-order valence-electron chi connectivity index (χ4n) is 5.26. The molecule has 0 aromatic heterocycles. The van der Waals surface area contributed by atoms with Gasteiger partial charge in [0, 0.05) is 45.9 Å². The van der Waals surface area contributed by atoms with Crippen molar-refractivity contribution in [2.75, 3.05) is 39.3 Å². The number of likely N-dealkylation sites (tertiary alicyclic amines) is 2. The van der Waals surface area contributed by atoms with Gasteiger partial charge >= 0.3 is 0 Å². The van der Waals surface area contributed by atoms with E-state index in [9.17, 15) is 9.59 Å².